The molecule has 19 heavy (non-hydrogen) atoms. The van der Waals surface area contributed by atoms with Gasteiger partial charge in [0.25, 0.3) is 0 Å². The van der Waals surface area contributed by atoms with Crippen molar-refractivity contribution in [3.05, 3.63) is 24.3 Å². The molecule has 0 aliphatic carbocycles. The van der Waals surface area contributed by atoms with Crippen LogP contribution in [0.2, 0.25) is 0 Å². The van der Waals surface area contributed by atoms with Gasteiger partial charge in [0.15, 0.2) is 0 Å². The number of rotatable bonds is 3. The standard InChI is InChI=1S/C12H16O7/c13-5-8-9(15)10(16)11(17)12(19-8)18-7-3-1-6(14)2-4-7/h1-4,8-17H,5H2/t8-,9-,10+,11-,12+/m1/s1/i5+1,8+1,9+1,10+1,11+1,12+1. The largest absolute Gasteiger partial charge is 0.508 e. The fraction of sp³-hybridized carbons (Fsp3) is 0.500. The van der Waals surface area contributed by atoms with Gasteiger partial charge >= 0.3 is 0 Å². The third kappa shape index (κ3) is 2.96. The van der Waals surface area contributed by atoms with E-state index in [4.69, 9.17) is 19.7 Å². The molecule has 1 aromatic carbocycles. The Morgan fingerprint density at radius 1 is 1.00 bits per heavy atom. The van der Waals surface area contributed by atoms with Crippen molar-refractivity contribution in [2.45, 2.75) is 30.7 Å². The first-order chi connectivity index (χ1) is 9.02. The van der Waals surface area contributed by atoms with E-state index in [1.54, 1.807) is 0 Å². The quantitative estimate of drug-likeness (QED) is 0.430. The van der Waals surface area contributed by atoms with E-state index in [0.29, 0.717) is 5.75 Å². The molecule has 1 saturated heterocycles. The molecule has 1 fully saturated rings. The molecule has 0 unspecified atom stereocenters. The lowest BCUT2D eigenvalue weighted by Gasteiger charge is -2.39. The van der Waals surface area contributed by atoms with Crippen molar-refractivity contribution in [1.82, 2.24) is 0 Å². The van der Waals surface area contributed by atoms with Crippen molar-refractivity contribution in [1.29, 1.82) is 0 Å². The molecule has 0 aromatic heterocycles. The van der Waals surface area contributed by atoms with Crippen molar-refractivity contribution in [3.63, 3.8) is 0 Å². The first kappa shape index (κ1) is 14.0. The van der Waals surface area contributed by atoms with Gasteiger partial charge in [0.2, 0.25) is 6.29 Å². The number of ether oxygens (including phenoxy) is 2. The highest BCUT2D eigenvalue weighted by Gasteiger charge is 2.44. The monoisotopic (exact) mass is 278 g/mol. The molecular formula is C12H16O7. The van der Waals surface area contributed by atoms with Crippen LogP contribution in [0.3, 0.4) is 0 Å². The summed E-state index contributed by atoms with van der Waals surface area (Å²) < 4.78 is 10.5. The van der Waals surface area contributed by atoms with Gasteiger partial charge in [-0.05, 0) is 24.3 Å². The number of phenols is 1. The van der Waals surface area contributed by atoms with Crippen LogP contribution in [0.1, 0.15) is 0 Å². The highest BCUT2D eigenvalue weighted by molar-refractivity contribution is 5.30. The molecule has 106 valence electrons. The van der Waals surface area contributed by atoms with Crippen LogP contribution >= 0.6 is 0 Å². The Hall–Kier alpha value is -1.38. The van der Waals surface area contributed by atoms with Gasteiger partial charge in [-0.2, -0.15) is 0 Å². The smallest absolute Gasteiger partial charge is 0.229 e. The molecule has 5 N–H and O–H groups in total. The van der Waals surface area contributed by atoms with E-state index in [2.05, 4.69) is 0 Å². The number of hydrogen-bond acceptors (Lipinski definition) is 7. The van der Waals surface area contributed by atoms with E-state index < -0.39 is 37.3 Å². The van der Waals surface area contributed by atoms with E-state index >= 15 is 0 Å². The lowest BCUT2D eigenvalue weighted by molar-refractivity contribution is -0.277. The van der Waals surface area contributed by atoms with Crippen LogP contribution in [0.4, 0.5) is 0 Å². The normalized spacial score (nSPS) is 35.1. The molecule has 5 atom stereocenters. The van der Waals surface area contributed by atoms with Crippen LogP contribution in [0.15, 0.2) is 24.3 Å². The third-order valence-electron chi connectivity index (χ3n) is 2.94. The molecule has 1 aliphatic rings. The Labute approximate surface area is 109 Å². The van der Waals surface area contributed by atoms with Gasteiger partial charge in [0.1, 0.15) is 35.9 Å². The van der Waals surface area contributed by atoms with Crippen LogP contribution in [-0.4, -0.2) is 62.8 Å². The average molecular weight is 278 g/mol. The van der Waals surface area contributed by atoms with Crippen LogP contribution in [-0.2, 0) is 4.74 Å². The van der Waals surface area contributed by atoms with Gasteiger partial charge in [-0.1, -0.05) is 0 Å². The molecule has 1 heterocycles. The minimum Gasteiger partial charge on any atom is -0.508 e. The Kier molecular flexibility index (Phi) is 4.23. The Balaban J connectivity index is 2.08. The maximum Gasteiger partial charge on any atom is 0.229 e. The second kappa shape index (κ2) is 5.72. The van der Waals surface area contributed by atoms with E-state index in [1.807, 2.05) is 0 Å². The highest BCUT2D eigenvalue weighted by Crippen LogP contribution is 2.25. The van der Waals surface area contributed by atoms with Crippen molar-refractivity contribution >= 4 is 0 Å². The van der Waals surface area contributed by atoms with Crippen LogP contribution in [0, 0.1) is 0 Å². The molecule has 0 amide bonds. The van der Waals surface area contributed by atoms with Gasteiger partial charge in [0, 0.05) is 0 Å². The summed E-state index contributed by atoms with van der Waals surface area (Å²) in [5, 5.41) is 47.1. The van der Waals surface area contributed by atoms with E-state index in [0.717, 1.165) is 0 Å². The van der Waals surface area contributed by atoms with E-state index in [-0.39, 0.29) is 5.75 Å². The second-order valence-electron chi connectivity index (χ2n) is 4.31. The Morgan fingerprint density at radius 3 is 2.21 bits per heavy atom. The molecule has 7 nitrogen and oxygen atoms in total. The van der Waals surface area contributed by atoms with Crippen molar-refractivity contribution in [2.75, 3.05) is 6.61 Å². The number of aliphatic hydroxyl groups is 4. The summed E-state index contributed by atoms with van der Waals surface area (Å²) in [6.07, 6.45) is -6.58. The lowest BCUT2D eigenvalue weighted by Crippen LogP contribution is -2.60. The summed E-state index contributed by atoms with van der Waals surface area (Å²) in [6, 6.07) is 5.69. The third-order valence-corrected chi connectivity index (χ3v) is 2.94. The summed E-state index contributed by atoms with van der Waals surface area (Å²) in [6.45, 7) is -0.514. The Morgan fingerprint density at radius 2 is 1.63 bits per heavy atom. The molecule has 1 aliphatic heterocycles. The number of phenolic OH excluding ortho intramolecular Hbond substituents is 1. The summed E-state index contributed by atoms with van der Waals surface area (Å²) in [5.41, 5.74) is 0. The summed E-state index contributed by atoms with van der Waals surface area (Å²) in [4.78, 5) is 0. The molecule has 2 rings (SSSR count). The van der Waals surface area contributed by atoms with Gasteiger partial charge < -0.3 is 35.0 Å². The zero-order valence-electron chi connectivity index (χ0n) is 9.96. The maximum atomic E-state index is 9.75. The van der Waals surface area contributed by atoms with Crippen LogP contribution in [0.5, 0.6) is 11.5 Å². The first-order valence-electron chi connectivity index (χ1n) is 5.79. The number of benzene rings is 1. The number of hydrogen-bond donors (Lipinski definition) is 5. The van der Waals surface area contributed by atoms with Crippen molar-refractivity contribution < 1.29 is 35.0 Å². The van der Waals surface area contributed by atoms with Gasteiger partial charge in [-0.3, -0.25) is 0 Å². The highest BCUT2D eigenvalue weighted by atomic mass is 16.9. The minimum absolute atomic E-state index is 0.0566. The molecule has 0 radical (unpaired) electrons. The van der Waals surface area contributed by atoms with Gasteiger partial charge in [-0.15, -0.1) is 0 Å². The number of aliphatic hydroxyl groups excluding tert-OH is 4. The van der Waals surface area contributed by atoms with Gasteiger partial charge in [-0.25, -0.2) is 0 Å². The van der Waals surface area contributed by atoms with Gasteiger partial charge in [0.05, 0.1) is 6.61 Å². The van der Waals surface area contributed by atoms with E-state index in [9.17, 15) is 15.3 Å². The minimum atomic E-state index is -1.48. The van der Waals surface area contributed by atoms with Crippen LogP contribution in [0.25, 0.3) is 0 Å². The predicted molar refractivity (Wildman–Crippen MR) is 62.5 cm³/mol. The molecule has 0 saturated carbocycles. The summed E-state index contributed by atoms with van der Waals surface area (Å²) in [7, 11) is 0. The SMILES string of the molecule is O[13CH2][13C@H]1O[13C@H](Oc2ccc(O)cc2)[13C@H](O)[13C@@H](O)[13C@@H]1O. The van der Waals surface area contributed by atoms with E-state index in [1.165, 1.54) is 24.3 Å². The topological polar surface area (TPSA) is 120 Å². The second-order valence-corrected chi connectivity index (χ2v) is 4.31. The summed E-state index contributed by atoms with van der Waals surface area (Å²) in [5.74, 6) is 0.364. The number of aromatic hydroxyl groups is 1. The summed E-state index contributed by atoms with van der Waals surface area (Å²) >= 11 is 0. The average Bonchev–Trinajstić information content (AvgIpc) is 2.42. The fourth-order valence-electron chi connectivity index (χ4n) is 1.82. The molecule has 7 heteroatoms. The predicted octanol–water partition coefficient (Wildman–Crippen LogP) is -1.43. The molecule has 0 spiro atoms. The zero-order valence-corrected chi connectivity index (χ0v) is 9.96. The first-order valence-corrected chi connectivity index (χ1v) is 5.79. The zero-order chi connectivity index (χ0) is 14.0. The molecule has 0 bridgehead atoms. The van der Waals surface area contributed by atoms with Crippen molar-refractivity contribution in [3.8, 4) is 11.5 Å². The lowest BCUT2D eigenvalue weighted by atomic mass is 10.3. The van der Waals surface area contributed by atoms with Crippen LogP contribution < -0.4 is 4.74 Å². The fourth-order valence-corrected chi connectivity index (χ4v) is 1.82. The Bertz CT molecular complexity index is 405. The molecule has 1 aromatic rings. The maximum absolute atomic E-state index is 9.75. The van der Waals surface area contributed by atoms with Crippen molar-refractivity contribution in [2.24, 2.45) is 0 Å². The molecular weight excluding hydrogens is 262 g/mol.